The Labute approximate surface area is 133 Å². The Morgan fingerprint density at radius 1 is 1.09 bits per heavy atom. The predicted molar refractivity (Wildman–Crippen MR) is 88.7 cm³/mol. The van der Waals surface area contributed by atoms with Crippen molar-refractivity contribution in [1.82, 2.24) is 10.6 Å². The van der Waals surface area contributed by atoms with Crippen LogP contribution in [0.25, 0.3) is 0 Å². The van der Waals surface area contributed by atoms with E-state index < -0.39 is 9.84 Å². The molecule has 1 rings (SSSR count). The van der Waals surface area contributed by atoms with Gasteiger partial charge in [-0.05, 0) is 30.2 Å². The van der Waals surface area contributed by atoms with E-state index in [2.05, 4.69) is 31.4 Å². The van der Waals surface area contributed by atoms with Crippen LogP contribution in [0.1, 0.15) is 32.8 Å². The maximum Gasteiger partial charge on any atom is 0.221 e. The lowest BCUT2D eigenvalue weighted by Crippen LogP contribution is -2.30. The highest BCUT2D eigenvalue weighted by Crippen LogP contribution is 2.23. The van der Waals surface area contributed by atoms with Gasteiger partial charge in [0.1, 0.15) is 0 Å². The molecule has 124 valence electrons. The third kappa shape index (κ3) is 5.77. The topological polar surface area (TPSA) is 75.3 Å². The molecule has 0 heterocycles. The quantitative estimate of drug-likeness (QED) is 0.796. The van der Waals surface area contributed by atoms with Crippen molar-refractivity contribution < 1.29 is 13.2 Å². The summed E-state index contributed by atoms with van der Waals surface area (Å²) in [6, 6.07) is 6.97. The fourth-order valence-corrected chi connectivity index (χ4v) is 3.09. The molecule has 0 unspecified atom stereocenters. The van der Waals surface area contributed by atoms with Crippen LogP contribution in [0.2, 0.25) is 0 Å². The van der Waals surface area contributed by atoms with Gasteiger partial charge >= 0.3 is 0 Å². The molecule has 0 aliphatic rings. The van der Waals surface area contributed by atoms with E-state index in [4.69, 9.17) is 0 Å². The van der Waals surface area contributed by atoms with Gasteiger partial charge < -0.3 is 10.6 Å². The minimum atomic E-state index is -3.37. The summed E-state index contributed by atoms with van der Waals surface area (Å²) in [5.74, 6) is -0.236. The third-order valence-corrected chi connectivity index (χ3v) is 5.11. The molecule has 22 heavy (non-hydrogen) atoms. The lowest BCUT2D eigenvalue weighted by molar-refractivity contribution is -0.120. The van der Waals surface area contributed by atoms with Gasteiger partial charge in [0.25, 0.3) is 0 Å². The Kier molecular flexibility index (Phi) is 6.56. The van der Waals surface area contributed by atoms with Crippen LogP contribution in [-0.4, -0.2) is 40.2 Å². The first kappa shape index (κ1) is 18.6. The van der Waals surface area contributed by atoms with E-state index in [1.165, 1.54) is 0 Å². The number of rotatable bonds is 7. The van der Waals surface area contributed by atoms with Crippen LogP contribution in [0.15, 0.2) is 29.2 Å². The molecule has 0 saturated carbocycles. The number of carbonyl (C=O) groups is 1. The molecule has 0 spiro atoms. The fourth-order valence-electron chi connectivity index (χ4n) is 1.93. The van der Waals surface area contributed by atoms with Gasteiger partial charge in [0, 0.05) is 19.5 Å². The van der Waals surface area contributed by atoms with Crippen LogP contribution >= 0.6 is 0 Å². The lowest BCUT2D eigenvalue weighted by atomic mass is 9.87. The van der Waals surface area contributed by atoms with Crippen molar-refractivity contribution >= 4 is 15.7 Å². The summed E-state index contributed by atoms with van der Waals surface area (Å²) in [6.45, 7) is 6.95. The summed E-state index contributed by atoms with van der Waals surface area (Å²) in [5, 5.41) is 5.49. The Balaban J connectivity index is 2.61. The third-order valence-electron chi connectivity index (χ3n) is 3.37. The van der Waals surface area contributed by atoms with Crippen molar-refractivity contribution in [3.8, 4) is 0 Å². The molecule has 0 bridgehead atoms. The van der Waals surface area contributed by atoms with E-state index in [-0.39, 0.29) is 23.6 Å². The minimum absolute atomic E-state index is 0.0103. The average molecular weight is 326 g/mol. The van der Waals surface area contributed by atoms with E-state index in [9.17, 15) is 13.2 Å². The monoisotopic (exact) mass is 326 g/mol. The minimum Gasteiger partial charge on any atom is -0.355 e. The normalized spacial score (nSPS) is 12.2. The molecular weight excluding hydrogens is 300 g/mol. The van der Waals surface area contributed by atoms with Gasteiger partial charge in [-0.1, -0.05) is 32.9 Å². The van der Waals surface area contributed by atoms with Gasteiger partial charge in [0.15, 0.2) is 9.84 Å². The fraction of sp³-hybridized carbons (Fsp3) is 0.562. The van der Waals surface area contributed by atoms with Gasteiger partial charge in [0.05, 0.1) is 10.6 Å². The van der Waals surface area contributed by atoms with Gasteiger partial charge in [0.2, 0.25) is 5.91 Å². The highest BCUT2D eigenvalue weighted by Gasteiger charge is 2.17. The van der Waals surface area contributed by atoms with Crippen molar-refractivity contribution in [1.29, 1.82) is 0 Å². The largest absolute Gasteiger partial charge is 0.355 e. The number of nitrogens with one attached hydrogen (secondary N) is 2. The molecule has 0 atom stereocenters. The first-order chi connectivity index (χ1) is 10.2. The molecule has 0 radical (unpaired) electrons. The highest BCUT2D eigenvalue weighted by atomic mass is 32.2. The first-order valence-electron chi connectivity index (χ1n) is 7.41. The molecule has 6 heteroatoms. The van der Waals surface area contributed by atoms with Gasteiger partial charge in [-0.3, -0.25) is 4.79 Å². The van der Waals surface area contributed by atoms with Crippen molar-refractivity contribution in [3.63, 3.8) is 0 Å². The molecule has 1 aromatic carbocycles. The molecule has 0 aliphatic heterocycles. The second kappa shape index (κ2) is 7.74. The van der Waals surface area contributed by atoms with Crippen LogP contribution in [0.4, 0.5) is 0 Å². The molecule has 0 saturated heterocycles. The Bertz CT molecular complexity index is 587. The molecule has 5 nitrogen and oxygen atoms in total. The number of sulfone groups is 1. The van der Waals surface area contributed by atoms with E-state index in [1.807, 2.05) is 12.1 Å². The van der Waals surface area contributed by atoms with Crippen molar-refractivity contribution in [3.05, 3.63) is 29.8 Å². The number of benzene rings is 1. The Morgan fingerprint density at radius 2 is 1.68 bits per heavy atom. The maximum atomic E-state index is 12.2. The predicted octanol–water partition coefficient (Wildman–Crippen LogP) is 1.48. The van der Waals surface area contributed by atoms with Crippen LogP contribution in [-0.2, 0) is 20.0 Å². The molecule has 0 fully saturated rings. The van der Waals surface area contributed by atoms with E-state index >= 15 is 0 Å². The SMILES string of the molecule is CNCCC(=O)NCCS(=O)(=O)c1ccc(C(C)(C)C)cc1. The lowest BCUT2D eigenvalue weighted by Gasteiger charge is -2.19. The molecule has 1 amide bonds. The average Bonchev–Trinajstić information content (AvgIpc) is 2.44. The smallest absolute Gasteiger partial charge is 0.221 e. The molecule has 2 N–H and O–H groups in total. The van der Waals surface area contributed by atoms with Crippen LogP contribution in [0.5, 0.6) is 0 Å². The van der Waals surface area contributed by atoms with Crippen LogP contribution in [0, 0.1) is 0 Å². The molecular formula is C16H26N2O3S. The number of carbonyl (C=O) groups excluding carboxylic acids is 1. The van der Waals surface area contributed by atoms with Crippen molar-refractivity contribution in [2.45, 2.75) is 37.5 Å². The zero-order chi connectivity index (χ0) is 16.8. The van der Waals surface area contributed by atoms with Crippen molar-refractivity contribution in [2.75, 3.05) is 25.9 Å². The van der Waals surface area contributed by atoms with Gasteiger partial charge in [-0.2, -0.15) is 0 Å². The Morgan fingerprint density at radius 3 is 2.18 bits per heavy atom. The summed E-state index contributed by atoms with van der Waals surface area (Å²) in [7, 11) is -1.61. The summed E-state index contributed by atoms with van der Waals surface area (Å²) in [6.07, 6.45) is 0.344. The second-order valence-electron chi connectivity index (χ2n) is 6.30. The maximum absolute atomic E-state index is 12.2. The number of hydrogen-bond donors (Lipinski definition) is 2. The summed E-state index contributed by atoms with van der Waals surface area (Å²) in [5.41, 5.74) is 1.08. The first-order valence-corrected chi connectivity index (χ1v) is 9.06. The zero-order valence-corrected chi connectivity index (χ0v) is 14.6. The second-order valence-corrected chi connectivity index (χ2v) is 8.41. The van der Waals surface area contributed by atoms with Gasteiger partial charge in [-0.25, -0.2) is 8.42 Å². The number of amides is 1. The summed E-state index contributed by atoms with van der Waals surface area (Å²) < 4.78 is 24.5. The van der Waals surface area contributed by atoms with Crippen LogP contribution < -0.4 is 10.6 Å². The van der Waals surface area contributed by atoms with E-state index in [0.29, 0.717) is 17.9 Å². The Hall–Kier alpha value is -1.40. The molecule has 1 aromatic rings. The summed E-state index contributed by atoms with van der Waals surface area (Å²) >= 11 is 0. The zero-order valence-electron chi connectivity index (χ0n) is 13.8. The van der Waals surface area contributed by atoms with Crippen LogP contribution in [0.3, 0.4) is 0 Å². The molecule has 0 aliphatic carbocycles. The summed E-state index contributed by atoms with van der Waals surface area (Å²) in [4.78, 5) is 11.7. The standard InChI is InChI=1S/C16H26N2O3S/c1-16(2,3)13-5-7-14(8-6-13)22(20,21)12-11-18-15(19)9-10-17-4/h5-8,17H,9-12H2,1-4H3,(H,18,19). The molecule has 0 aromatic heterocycles. The number of hydrogen-bond acceptors (Lipinski definition) is 4. The van der Waals surface area contributed by atoms with Crippen molar-refractivity contribution in [2.24, 2.45) is 0 Å². The van der Waals surface area contributed by atoms with E-state index in [0.717, 1.165) is 5.56 Å². The van der Waals surface area contributed by atoms with E-state index in [1.54, 1.807) is 19.2 Å². The van der Waals surface area contributed by atoms with Gasteiger partial charge in [-0.15, -0.1) is 0 Å². The highest BCUT2D eigenvalue weighted by molar-refractivity contribution is 7.91.